The number of benzene rings is 2. The molecule has 4 nitrogen and oxygen atoms in total. The monoisotopic (exact) mass is 363 g/mol. The first kappa shape index (κ1) is 15.5. The normalized spacial score (nSPS) is 10.5. The summed E-state index contributed by atoms with van der Waals surface area (Å²) >= 11 is 8.38. The summed E-state index contributed by atoms with van der Waals surface area (Å²) in [5.41, 5.74) is 4.74. The molecule has 3 N–H and O–H groups in total. The minimum atomic E-state index is 0.195. The number of hydrogen-bond donors (Lipinski definition) is 3. The van der Waals surface area contributed by atoms with Crippen molar-refractivity contribution < 1.29 is 5.11 Å². The van der Waals surface area contributed by atoms with E-state index in [1.165, 1.54) is 0 Å². The molecule has 0 atom stereocenters. The Morgan fingerprint density at radius 3 is 2.71 bits per heavy atom. The van der Waals surface area contributed by atoms with Crippen molar-refractivity contribution in [3.05, 3.63) is 64.1 Å². The highest BCUT2D eigenvalue weighted by Gasteiger charge is 1.98. The van der Waals surface area contributed by atoms with Gasteiger partial charge in [0.15, 0.2) is 5.11 Å². The molecule has 2 aromatic rings. The van der Waals surface area contributed by atoms with E-state index in [-0.39, 0.29) is 5.75 Å². The van der Waals surface area contributed by atoms with Gasteiger partial charge in [-0.2, -0.15) is 5.10 Å². The van der Waals surface area contributed by atoms with Crippen LogP contribution in [0.3, 0.4) is 0 Å². The third-order valence-electron chi connectivity index (χ3n) is 2.65. The molecule has 0 aliphatic rings. The molecule has 108 valence electrons. The van der Waals surface area contributed by atoms with Gasteiger partial charge in [0.05, 0.1) is 10.7 Å². The van der Waals surface area contributed by atoms with Crippen LogP contribution < -0.4 is 10.7 Å². The highest BCUT2D eigenvalue weighted by molar-refractivity contribution is 9.10. The number of thiocarbonyl (C=S) groups is 1. The summed E-state index contributed by atoms with van der Waals surface area (Å²) in [6.45, 7) is 0.646. The second-order valence-corrected chi connectivity index (χ2v) is 5.51. The molecule has 0 spiro atoms. The molecule has 2 aromatic carbocycles. The Hall–Kier alpha value is -1.92. The lowest BCUT2D eigenvalue weighted by atomic mass is 10.2. The molecule has 2 rings (SSSR count). The zero-order chi connectivity index (χ0) is 15.1. The van der Waals surface area contributed by atoms with Gasteiger partial charge in [0.25, 0.3) is 0 Å². The predicted octanol–water partition coefficient (Wildman–Crippen LogP) is 3.15. The Bertz CT molecular complexity index is 647. The van der Waals surface area contributed by atoms with Gasteiger partial charge in [0.1, 0.15) is 5.75 Å². The summed E-state index contributed by atoms with van der Waals surface area (Å²) in [7, 11) is 0. The summed E-state index contributed by atoms with van der Waals surface area (Å²) in [6.07, 6.45) is 1.63. The highest BCUT2D eigenvalue weighted by Crippen LogP contribution is 2.23. The van der Waals surface area contributed by atoms with Gasteiger partial charge >= 0.3 is 0 Å². The first-order valence-corrected chi connectivity index (χ1v) is 7.44. The van der Waals surface area contributed by atoms with Gasteiger partial charge in [-0.15, -0.1) is 0 Å². The molecule has 6 heteroatoms. The Morgan fingerprint density at radius 2 is 2.00 bits per heavy atom. The van der Waals surface area contributed by atoms with Crippen molar-refractivity contribution in [1.29, 1.82) is 0 Å². The Kier molecular flexibility index (Phi) is 5.71. The van der Waals surface area contributed by atoms with Crippen LogP contribution in [0.2, 0.25) is 0 Å². The topological polar surface area (TPSA) is 56.7 Å². The number of rotatable bonds is 4. The Morgan fingerprint density at radius 1 is 1.24 bits per heavy atom. The van der Waals surface area contributed by atoms with Crippen LogP contribution in [0.15, 0.2) is 58.1 Å². The molecule has 0 aliphatic heterocycles. The van der Waals surface area contributed by atoms with Crippen LogP contribution in [-0.4, -0.2) is 16.4 Å². The Balaban J connectivity index is 1.80. The van der Waals surface area contributed by atoms with Crippen LogP contribution >= 0.6 is 28.1 Å². The smallest absolute Gasteiger partial charge is 0.187 e. The van der Waals surface area contributed by atoms with Crippen LogP contribution in [-0.2, 0) is 6.54 Å². The fraction of sp³-hybridized carbons (Fsp3) is 0.0667. The van der Waals surface area contributed by atoms with Crippen molar-refractivity contribution in [3.8, 4) is 5.75 Å². The summed E-state index contributed by atoms with van der Waals surface area (Å²) in [6, 6.07) is 15.1. The molecule has 0 radical (unpaired) electrons. The molecule has 0 unspecified atom stereocenters. The molecule has 0 saturated heterocycles. The number of phenolic OH excluding ortho intramolecular Hbond substituents is 1. The first-order chi connectivity index (χ1) is 10.1. The van der Waals surface area contributed by atoms with E-state index in [0.717, 1.165) is 11.1 Å². The predicted molar refractivity (Wildman–Crippen MR) is 92.4 cm³/mol. The van der Waals surface area contributed by atoms with E-state index >= 15 is 0 Å². The third kappa shape index (κ3) is 5.17. The summed E-state index contributed by atoms with van der Waals surface area (Å²) in [4.78, 5) is 0. The molecule has 0 heterocycles. The quantitative estimate of drug-likeness (QED) is 0.443. The number of aromatic hydroxyl groups is 1. The molecule has 0 saturated carbocycles. The molecular formula is C15H14BrN3OS. The molecule has 0 fully saturated rings. The van der Waals surface area contributed by atoms with Gasteiger partial charge in [-0.05, 0) is 57.5 Å². The van der Waals surface area contributed by atoms with Crippen LogP contribution in [0.4, 0.5) is 0 Å². The maximum Gasteiger partial charge on any atom is 0.187 e. The van der Waals surface area contributed by atoms with E-state index in [1.807, 2.05) is 30.3 Å². The number of hydrazone groups is 1. The van der Waals surface area contributed by atoms with Crippen LogP contribution in [0.25, 0.3) is 0 Å². The van der Waals surface area contributed by atoms with Gasteiger partial charge in [0.2, 0.25) is 0 Å². The van der Waals surface area contributed by atoms with Crippen molar-refractivity contribution in [2.75, 3.05) is 0 Å². The number of phenols is 1. The molecule has 0 bridgehead atoms. The van der Waals surface area contributed by atoms with E-state index in [0.29, 0.717) is 16.1 Å². The van der Waals surface area contributed by atoms with E-state index in [2.05, 4.69) is 31.8 Å². The standard InChI is InChI=1S/C15H14BrN3OS/c16-13-8-12(6-7-14(13)20)10-18-19-15(21)17-9-11-4-2-1-3-5-11/h1-8,10,20H,9H2,(H2,17,19,21)/b18-10-. The van der Waals surface area contributed by atoms with Gasteiger partial charge in [-0.25, -0.2) is 0 Å². The molecule has 21 heavy (non-hydrogen) atoms. The third-order valence-corrected chi connectivity index (χ3v) is 3.52. The average Bonchev–Trinajstić information content (AvgIpc) is 2.50. The number of halogens is 1. The number of nitrogens with zero attached hydrogens (tertiary/aromatic N) is 1. The van der Waals surface area contributed by atoms with Crippen LogP contribution in [0.5, 0.6) is 5.75 Å². The fourth-order valence-electron chi connectivity index (χ4n) is 1.59. The van der Waals surface area contributed by atoms with Crippen LogP contribution in [0.1, 0.15) is 11.1 Å². The van der Waals surface area contributed by atoms with Gasteiger partial charge in [-0.1, -0.05) is 30.3 Å². The minimum absolute atomic E-state index is 0.195. The highest BCUT2D eigenvalue weighted by atomic mass is 79.9. The van der Waals surface area contributed by atoms with E-state index in [1.54, 1.807) is 24.4 Å². The largest absolute Gasteiger partial charge is 0.507 e. The zero-order valence-corrected chi connectivity index (χ0v) is 13.5. The van der Waals surface area contributed by atoms with Gasteiger partial charge in [-0.3, -0.25) is 5.43 Å². The van der Waals surface area contributed by atoms with Crippen molar-refractivity contribution in [1.82, 2.24) is 10.7 Å². The van der Waals surface area contributed by atoms with Crippen molar-refractivity contribution >= 4 is 39.5 Å². The molecule has 0 amide bonds. The maximum atomic E-state index is 9.40. The fourth-order valence-corrected chi connectivity index (χ4v) is 2.11. The summed E-state index contributed by atoms with van der Waals surface area (Å²) < 4.78 is 0.622. The lowest BCUT2D eigenvalue weighted by Gasteiger charge is -2.06. The Labute approximate surface area is 137 Å². The van der Waals surface area contributed by atoms with E-state index in [9.17, 15) is 5.11 Å². The summed E-state index contributed by atoms with van der Waals surface area (Å²) in [5, 5.41) is 17.0. The zero-order valence-electron chi connectivity index (χ0n) is 11.1. The van der Waals surface area contributed by atoms with E-state index < -0.39 is 0 Å². The maximum absolute atomic E-state index is 9.40. The van der Waals surface area contributed by atoms with Crippen molar-refractivity contribution in [3.63, 3.8) is 0 Å². The number of nitrogens with one attached hydrogen (secondary N) is 2. The summed E-state index contributed by atoms with van der Waals surface area (Å²) in [5.74, 6) is 0.195. The van der Waals surface area contributed by atoms with Crippen LogP contribution in [0, 0.1) is 0 Å². The first-order valence-electron chi connectivity index (χ1n) is 6.24. The van der Waals surface area contributed by atoms with E-state index in [4.69, 9.17) is 12.2 Å². The number of hydrogen-bond acceptors (Lipinski definition) is 3. The molecule has 0 aliphatic carbocycles. The second kappa shape index (κ2) is 7.75. The van der Waals surface area contributed by atoms with Crippen molar-refractivity contribution in [2.45, 2.75) is 6.54 Å². The minimum Gasteiger partial charge on any atom is -0.507 e. The lowest BCUT2D eigenvalue weighted by molar-refractivity contribution is 0.472. The SMILES string of the molecule is Oc1ccc(/C=N\NC(=S)NCc2ccccc2)cc1Br. The molecule has 0 aromatic heterocycles. The average molecular weight is 364 g/mol. The lowest BCUT2D eigenvalue weighted by Crippen LogP contribution is -2.31. The second-order valence-electron chi connectivity index (χ2n) is 4.25. The van der Waals surface area contributed by atoms with Gasteiger partial charge in [0, 0.05) is 6.54 Å². The molecular weight excluding hydrogens is 350 g/mol. The van der Waals surface area contributed by atoms with Gasteiger partial charge < -0.3 is 10.4 Å². The van der Waals surface area contributed by atoms with Crippen molar-refractivity contribution in [2.24, 2.45) is 5.10 Å².